The SMILES string of the molecule is [C-]#[N+]CCOP(=S)(OC[C@H]1O[C@@H](n2cnc3c(NC(=O)c4ccccc4)ncnc32)[C@H](F)[C@@H]1O[P+](=O)O)O[C@@H]1[C@H](O[Si](C)(C)C(C)(C)C)[C@@H](COC(c2ccccc2)(c2ccc(OC)cc2)c2ccc(OC)cc2)O[C@H]1n1cnc2c(C)ncnc21. The summed E-state index contributed by atoms with van der Waals surface area (Å²) >= 11 is 6.34. The number of carbonyl (C=O) groups is 1. The Morgan fingerprint density at radius 3 is 1.93 bits per heavy atom. The van der Waals surface area contributed by atoms with Crippen LogP contribution < -0.4 is 14.8 Å². The fraction of sp³-hybridized carbons (Fsp3) is 0.379. The van der Waals surface area contributed by atoms with Gasteiger partial charge in [-0.15, -0.1) is 9.42 Å². The number of nitrogens with zero attached hydrogens (tertiary/aromatic N) is 9. The van der Waals surface area contributed by atoms with Gasteiger partial charge >= 0.3 is 15.0 Å². The van der Waals surface area contributed by atoms with Crippen LogP contribution in [0.3, 0.4) is 0 Å². The number of hydrogen-bond donors (Lipinski definition) is 2. The zero-order chi connectivity index (χ0) is 61.0. The van der Waals surface area contributed by atoms with E-state index in [0.29, 0.717) is 33.9 Å². The third kappa shape index (κ3) is 12.9. The molecule has 2 aliphatic rings. The first kappa shape index (κ1) is 62.1. The summed E-state index contributed by atoms with van der Waals surface area (Å²) in [5.41, 5.74) is 2.97. The molecule has 1 amide bonds. The van der Waals surface area contributed by atoms with Crippen LogP contribution in [0.15, 0.2) is 135 Å². The van der Waals surface area contributed by atoms with Crippen LogP contribution in [0.1, 0.15) is 66.0 Å². The van der Waals surface area contributed by atoms with Crippen LogP contribution in [0, 0.1) is 13.5 Å². The first-order chi connectivity index (χ1) is 41.3. The van der Waals surface area contributed by atoms with Crippen molar-refractivity contribution in [1.82, 2.24) is 39.0 Å². The van der Waals surface area contributed by atoms with Crippen LogP contribution in [-0.2, 0) is 58.7 Å². The maximum Gasteiger partial charge on any atom is 0.695 e. The van der Waals surface area contributed by atoms with Crippen molar-refractivity contribution in [3.63, 3.8) is 0 Å². The molecule has 28 heteroatoms. The van der Waals surface area contributed by atoms with Crippen molar-refractivity contribution in [3.05, 3.63) is 174 Å². The lowest BCUT2D eigenvalue weighted by atomic mass is 9.80. The Hall–Kier alpha value is -6.92. The Labute approximate surface area is 502 Å². The molecule has 10 rings (SSSR count). The van der Waals surface area contributed by atoms with E-state index < -0.39 is 90.6 Å². The smallest absolute Gasteiger partial charge is 0.497 e. The number of anilines is 1. The van der Waals surface area contributed by atoms with Gasteiger partial charge in [0.05, 0.1) is 45.8 Å². The van der Waals surface area contributed by atoms with E-state index in [4.69, 9.17) is 69.6 Å². The van der Waals surface area contributed by atoms with E-state index in [1.54, 1.807) is 62.4 Å². The maximum atomic E-state index is 17.1. The van der Waals surface area contributed by atoms with Crippen LogP contribution in [-0.4, -0.2) is 135 Å². The van der Waals surface area contributed by atoms with Crippen molar-refractivity contribution in [3.8, 4) is 11.5 Å². The van der Waals surface area contributed by atoms with Crippen molar-refractivity contribution in [1.29, 1.82) is 0 Å². The van der Waals surface area contributed by atoms with Gasteiger partial charge in [0.15, 0.2) is 55.7 Å². The number of nitrogens with one attached hydrogen (secondary N) is 1. The summed E-state index contributed by atoms with van der Waals surface area (Å²) in [5.74, 6) is 0.829. The number of fused-ring (bicyclic) bond motifs is 2. The molecule has 4 aromatic carbocycles. The number of aryl methyl sites for hydroxylation is 1. The Bertz CT molecular complexity index is 3720. The third-order valence-electron chi connectivity index (χ3n) is 15.5. The molecule has 86 heavy (non-hydrogen) atoms. The summed E-state index contributed by atoms with van der Waals surface area (Å²) in [6.07, 6.45) is -5.99. The fourth-order valence-corrected chi connectivity index (χ4v) is 13.9. The minimum absolute atomic E-state index is 0.0339. The zero-order valence-corrected chi connectivity index (χ0v) is 51.8. The van der Waals surface area contributed by atoms with E-state index in [-0.39, 0.29) is 41.8 Å². The van der Waals surface area contributed by atoms with Crippen molar-refractivity contribution in [2.75, 3.05) is 45.9 Å². The van der Waals surface area contributed by atoms with E-state index in [0.717, 1.165) is 23.0 Å². The normalized spacial score (nSPS) is 21.7. The largest absolute Gasteiger partial charge is 0.695 e. The monoisotopic (exact) mass is 1250 g/mol. The Balaban J connectivity index is 1.03. The molecule has 2 saturated heterocycles. The molecule has 450 valence electrons. The Morgan fingerprint density at radius 1 is 0.767 bits per heavy atom. The second kappa shape index (κ2) is 26.2. The van der Waals surface area contributed by atoms with Gasteiger partial charge < -0.3 is 47.3 Å². The number of benzene rings is 4. The molecular weight excluding hydrogens is 1190 g/mol. The van der Waals surface area contributed by atoms with Gasteiger partial charge in [0.2, 0.25) is 6.54 Å². The molecule has 0 spiro atoms. The van der Waals surface area contributed by atoms with Crippen molar-refractivity contribution in [2.24, 2.45) is 0 Å². The molecule has 2 unspecified atom stereocenters. The lowest BCUT2D eigenvalue weighted by Crippen LogP contribution is -2.51. The number of carbonyl (C=O) groups excluding carboxylic acids is 1. The summed E-state index contributed by atoms with van der Waals surface area (Å²) in [5, 5.41) is 2.34. The minimum atomic E-state index is -4.24. The lowest BCUT2D eigenvalue weighted by molar-refractivity contribution is -0.0930. The van der Waals surface area contributed by atoms with Gasteiger partial charge in [-0.25, -0.2) is 40.9 Å². The summed E-state index contributed by atoms with van der Waals surface area (Å²) < 4.78 is 97.7. The molecule has 0 radical (unpaired) electrons. The molecule has 4 aromatic heterocycles. The number of alkyl halides is 1. The molecule has 8 aromatic rings. The van der Waals surface area contributed by atoms with Gasteiger partial charge in [-0.2, -0.15) is 0 Å². The number of hydrogen-bond acceptors (Lipinski definition) is 19. The number of methoxy groups -OCH3 is 2. The van der Waals surface area contributed by atoms with Gasteiger partial charge in [0.1, 0.15) is 66.3 Å². The number of halogens is 1. The molecule has 6 heterocycles. The molecule has 23 nitrogen and oxygen atoms in total. The minimum Gasteiger partial charge on any atom is -0.497 e. The zero-order valence-electron chi connectivity index (χ0n) is 48.2. The predicted octanol–water partition coefficient (Wildman–Crippen LogP) is 10.4. The second-order valence-electron chi connectivity index (χ2n) is 21.7. The predicted molar refractivity (Wildman–Crippen MR) is 320 cm³/mol. The summed E-state index contributed by atoms with van der Waals surface area (Å²) in [4.78, 5) is 53.5. The van der Waals surface area contributed by atoms with E-state index in [9.17, 15) is 14.3 Å². The standard InChI is InChI=1S/C58H63FN10O13P2SSi/c1-36-46-52(63-32-61-36)69(34-65-46)56-50(49(82-86(8,9)57(2,3)4)43(79-56)30-75-58(38-18-14-11-15-19-38,39-20-24-41(73-6)25-21-39)40-22-26-42(74-7)27-23-40)81-84(85,76-29-28-60-5)77-31-44-48(80-83(71)72)45(59)55(78-44)68-35-66-47-51(62-33-64-53(47)68)67-54(70)37-16-12-10-13-17-37/h10-27,32-35,43-45,48-50,55-56H,28-31H2,1-4,6-9H3,(H-,62,64,67,70,71,72)/p+1/t43-,44-,45-,48-,49-,50-,55-,56-,84?/m1/s1. The molecule has 0 aliphatic carbocycles. The average Bonchev–Trinajstić information content (AvgIpc) is 1.54. The number of ether oxygens (including phenoxy) is 5. The first-order valence-corrected chi connectivity index (χ1v) is 33.9. The molecule has 2 fully saturated rings. The van der Waals surface area contributed by atoms with Crippen LogP contribution in [0.5, 0.6) is 11.5 Å². The van der Waals surface area contributed by atoms with Crippen molar-refractivity contribution < 1.29 is 64.8 Å². The van der Waals surface area contributed by atoms with Gasteiger partial charge in [-0.05, 0) is 90.0 Å². The van der Waals surface area contributed by atoms with Gasteiger partial charge in [-0.3, -0.25) is 18.5 Å². The topological polar surface area (TPSA) is 250 Å². The number of rotatable bonds is 24. The number of amides is 1. The Kier molecular flexibility index (Phi) is 18.9. The van der Waals surface area contributed by atoms with Crippen LogP contribution in [0.4, 0.5) is 10.2 Å². The van der Waals surface area contributed by atoms with Gasteiger partial charge in [0, 0.05) is 10.1 Å². The van der Waals surface area contributed by atoms with E-state index >= 15 is 4.39 Å². The molecule has 10 atom stereocenters. The highest BCUT2D eigenvalue weighted by atomic mass is 32.5. The second-order valence-corrected chi connectivity index (χ2v) is 30.1. The molecular formula is C58H64FN10O13P2SSi+. The molecule has 0 bridgehead atoms. The lowest BCUT2D eigenvalue weighted by Gasteiger charge is -2.42. The first-order valence-electron chi connectivity index (χ1n) is 27.3. The van der Waals surface area contributed by atoms with E-state index in [1.165, 1.54) is 17.2 Å². The van der Waals surface area contributed by atoms with Gasteiger partial charge in [-0.1, -0.05) is 93.6 Å². The van der Waals surface area contributed by atoms with Crippen LogP contribution in [0.25, 0.3) is 27.2 Å². The van der Waals surface area contributed by atoms with Crippen molar-refractivity contribution >= 4 is 69.2 Å². The van der Waals surface area contributed by atoms with E-state index in [2.05, 4.69) is 68.9 Å². The highest BCUT2D eigenvalue weighted by molar-refractivity contribution is 8.07. The molecule has 2 N–H and O–H groups in total. The van der Waals surface area contributed by atoms with Crippen LogP contribution >= 0.6 is 15.0 Å². The summed E-state index contributed by atoms with van der Waals surface area (Å²) in [7, 11) is -3.10. The van der Waals surface area contributed by atoms with Crippen LogP contribution in [0.2, 0.25) is 18.1 Å². The Morgan fingerprint density at radius 2 is 1.33 bits per heavy atom. The number of aromatic nitrogens is 8. The summed E-state index contributed by atoms with van der Waals surface area (Å²) in [6, 6.07) is 33.5. The average molecular weight is 1250 g/mol. The van der Waals surface area contributed by atoms with E-state index in [1.807, 2.05) is 78.9 Å². The van der Waals surface area contributed by atoms with Gasteiger partial charge in [0.25, 0.3) is 5.91 Å². The molecule has 0 saturated carbocycles. The quantitative estimate of drug-likeness (QED) is 0.0188. The van der Waals surface area contributed by atoms with Crippen molar-refractivity contribution in [2.45, 2.75) is 101 Å². The number of imidazole rings is 2. The summed E-state index contributed by atoms with van der Waals surface area (Å²) in [6.45, 7) is 14.5. The third-order valence-corrected chi connectivity index (χ3v) is 22.7. The fourth-order valence-electron chi connectivity index (χ4n) is 10.1. The maximum absolute atomic E-state index is 17.1. The molecule has 2 aliphatic heterocycles. The highest BCUT2D eigenvalue weighted by Gasteiger charge is 2.56. The highest BCUT2D eigenvalue weighted by Crippen LogP contribution is 2.57.